The molecule has 0 bridgehead atoms. The second-order valence-corrected chi connectivity index (χ2v) is 9.51. The summed E-state index contributed by atoms with van der Waals surface area (Å²) in [5.41, 5.74) is 4.23. The van der Waals surface area contributed by atoms with Gasteiger partial charge >= 0.3 is 5.97 Å². The highest BCUT2D eigenvalue weighted by Gasteiger charge is 2.28. The summed E-state index contributed by atoms with van der Waals surface area (Å²) < 4.78 is 4.88. The van der Waals surface area contributed by atoms with Crippen molar-refractivity contribution in [2.45, 2.75) is 19.4 Å². The van der Waals surface area contributed by atoms with Crippen LogP contribution in [-0.2, 0) is 20.9 Å². The Bertz CT molecular complexity index is 1220. The highest BCUT2D eigenvalue weighted by Crippen LogP contribution is 2.35. The monoisotopic (exact) mass is 489 g/mol. The molecule has 188 valence electrons. The Balaban J connectivity index is 1.40. The number of hydrogen-bond donors (Lipinski definition) is 1. The van der Waals surface area contributed by atoms with Crippen LogP contribution in [-0.4, -0.2) is 83.3 Å². The molecular formula is C27H31N5O4. The van der Waals surface area contributed by atoms with Crippen molar-refractivity contribution in [3.8, 4) is 11.1 Å². The van der Waals surface area contributed by atoms with E-state index < -0.39 is 5.97 Å². The van der Waals surface area contributed by atoms with Gasteiger partial charge in [0.15, 0.2) is 0 Å². The molecule has 1 unspecified atom stereocenters. The maximum Gasteiger partial charge on any atom is 0.308 e. The first-order valence-electron chi connectivity index (χ1n) is 12.4. The molecule has 0 spiro atoms. The Morgan fingerprint density at radius 3 is 2.67 bits per heavy atom. The average molecular weight is 490 g/mol. The zero-order valence-electron chi connectivity index (χ0n) is 20.3. The third-order valence-corrected chi connectivity index (χ3v) is 7.15. The Morgan fingerprint density at radius 1 is 1.06 bits per heavy atom. The smallest absolute Gasteiger partial charge is 0.308 e. The summed E-state index contributed by atoms with van der Waals surface area (Å²) in [4.78, 5) is 37.9. The van der Waals surface area contributed by atoms with Gasteiger partial charge in [0.25, 0.3) is 6.47 Å². The number of ether oxygens (including phenoxy) is 1. The quantitative estimate of drug-likeness (QED) is 0.479. The minimum absolute atomic E-state index is 0.350. The van der Waals surface area contributed by atoms with Crippen molar-refractivity contribution in [2.24, 2.45) is 5.92 Å². The van der Waals surface area contributed by atoms with Crippen LogP contribution in [0.5, 0.6) is 0 Å². The van der Waals surface area contributed by atoms with Gasteiger partial charge in [-0.05, 0) is 41.7 Å². The van der Waals surface area contributed by atoms with Crippen LogP contribution >= 0.6 is 0 Å². The maximum atomic E-state index is 11.7. The zero-order chi connectivity index (χ0) is 24.9. The van der Waals surface area contributed by atoms with Gasteiger partial charge in [-0.2, -0.15) is 0 Å². The molecule has 2 saturated heterocycles. The molecule has 2 aliphatic heterocycles. The number of carbonyl (C=O) groups is 2. The number of nitrogens with zero attached hydrogens (tertiary/aromatic N) is 5. The number of aromatic nitrogens is 2. The van der Waals surface area contributed by atoms with Crippen LogP contribution < -0.4 is 4.90 Å². The van der Waals surface area contributed by atoms with E-state index in [0.29, 0.717) is 26.2 Å². The Morgan fingerprint density at radius 2 is 1.86 bits per heavy atom. The highest BCUT2D eigenvalue weighted by atomic mass is 16.5. The molecule has 1 N–H and O–H groups in total. The topological polar surface area (TPSA) is 99.1 Å². The van der Waals surface area contributed by atoms with E-state index in [9.17, 15) is 14.7 Å². The van der Waals surface area contributed by atoms with Crippen LogP contribution in [0, 0.1) is 5.92 Å². The number of carboxylic acid groups (broad SMARTS) is 1. The number of piperazine rings is 1. The fourth-order valence-corrected chi connectivity index (χ4v) is 5.25. The standard InChI is InChI=1S/C27H31N5O4/c33-19-36-18-31-12-10-30(11-13-31)15-20-4-1-5-21(14-20)23-7-2-8-24-25(23)26(29-17-28-24)32-9-3-6-22(16-32)27(34)35/h1-2,4-5,7-8,14,17,19,22H,3,6,9-13,15-16,18H2,(H,34,35). The van der Waals surface area contributed by atoms with Crippen LogP contribution in [0.25, 0.3) is 22.0 Å². The molecule has 9 heteroatoms. The van der Waals surface area contributed by atoms with Gasteiger partial charge < -0.3 is 14.7 Å². The molecule has 2 aromatic carbocycles. The molecule has 1 aromatic heterocycles. The second-order valence-electron chi connectivity index (χ2n) is 9.51. The zero-order valence-corrected chi connectivity index (χ0v) is 20.3. The van der Waals surface area contributed by atoms with Crippen LogP contribution in [0.2, 0.25) is 0 Å². The molecule has 9 nitrogen and oxygen atoms in total. The van der Waals surface area contributed by atoms with Gasteiger partial charge in [-0.3, -0.25) is 19.4 Å². The fourth-order valence-electron chi connectivity index (χ4n) is 5.25. The molecule has 3 heterocycles. The Hall–Kier alpha value is -3.56. The van der Waals surface area contributed by atoms with Crippen molar-refractivity contribution in [2.75, 3.05) is 50.9 Å². The first-order valence-corrected chi connectivity index (χ1v) is 12.4. The van der Waals surface area contributed by atoms with Gasteiger partial charge in [0.05, 0.1) is 16.8 Å². The van der Waals surface area contributed by atoms with Crippen molar-refractivity contribution < 1.29 is 19.4 Å². The number of fused-ring (bicyclic) bond motifs is 1. The summed E-state index contributed by atoms with van der Waals surface area (Å²) >= 11 is 0. The minimum atomic E-state index is -0.747. The van der Waals surface area contributed by atoms with Crippen LogP contribution in [0.4, 0.5) is 5.82 Å². The van der Waals surface area contributed by atoms with Gasteiger partial charge in [-0.25, -0.2) is 9.97 Å². The summed E-state index contributed by atoms with van der Waals surface area (Å²) in [6, 6.07) is 14.7. The molecule has 3 aromatic rings. The number of anilines is 1. The number of benzene rings is 2. The Kier molecular flexibility index (Phi) is 7.39. The summed E-state index contributed by atoms with van der Waals surface area (Å²) in [6.07, 6.45) is 3.10. The molecule has 5 rings (SSSR count). The number of hydrogen-bond acceptors (Lipinski definition) is 8. The van der Waals surface area contributed by atoms with E-state index in [2.05, 4.69) is 55.0 Å². The van der Waals surface area contributed by atoms with Crippen molar-refractivity contribution in [1.29, 1.82) is 0 Å². The molecule has 2 aliphatic rings. The van der Waals surface area contributed by atoms with Gasteiger partial charge in [-0.15, -0.1) is 0 Å². The molecule has 0 radical (unpaired) electrons. The van der Waals surface area contributed by atoms with Gasteiger partial charge in [0.1, 0.15) is 18.9 Å². The average Bonchev–Trinajstić information content (AvgIpc) is 2.92. The lowest BCUT2D eigenvalue weighted by Crippen LogP contribution is -2.46. The summed E-state index contributed by atoms with van der Waals surface area (Å²) in [7, 11) is 0. The summed E-state index contributed by atoms with van der Waals surface area (Å²) in [6.45, 7) is 6.50. The molecular weight excluding hydrogens is 458 g/mol. The third-order valence-electron chi connectivity index (χ3n) is 7.15. The van der Waals surface area contributed by atoms with E-state index in [-0.39, 0.29) is 5.92 Å². The lowest BCUT2D eigenvalue weighted by molar-refractivity contribution is -0.142. The maximum absolute atomic E-state index is 11.7. The van der Waals surface area contributed by atoms with Crippen LogP contribution in [0.1, 0.15) is 18.4 Å². The van der Waals surface area contributed by atoms with Crippen LogP contribution in [0.15, 0.2) is 48.8 Å². The van der Waals surface area contributed by atoms with Gasteiger partial charge in [0.2, 0.25) is 0 Å². The number of rotatable bonds is 8. The van der Waals surface area contributed by atoms with E-state index in [1.165, 1.54) is 5.56 Å². The Labute approximate surface area is 210 Å². The predicted molar refractivity (Wildman–Crippen MR) is 136 cm³/mol. The van der Waals surface area contributed by atoms with Crippen molar-refractivity contribution >= 4 is 29.2 Å². The lowest BCUT2D eigenvalue weighted by atomic mass is 9.96. The van der Waals surface area contributed by atoms with Crippen LogP contribution in [0.3, 0.4) is 0 Å². The molecule has 0 amide bonds. The summed E-state index contributed by atoms with van der Waals surface area (Å²) in [5.74, 6) is -0.326. The highest BCUT2D eigenvalue weighted by molar-refractivity contribution is 6.02. The number of carboxylic acids is 1. The fraction of sp³-hybridized carbons (Fsp3) is 0.407. The molecule has 1 atom stereocenters. The van der Waals surface area contributed by atoms with E-state index in [1.807, 2.05) is 12.1 Å². The number of piperidine rings is 1. The third kappa shape index (κ3) is 5.32. The second kappa shape index (κ2) is 11.0. The normalized spacial score (nSPS) is 19.3. The van der Waals surface area contributed by atoms with Crippen molar-refractivity contribution in [3.63, 3.8) is 0 Å². The molecule has 0 saturated carbocycles. The first kappa shape index (κ1) is 24.1. The lowest BCUT2D eigenvalue weighted by Gasteiger charge is -2.34. The van der Waals surface area contributed by atoms with E-state index in [0.717, 1.165) is 73.5 Å². The van der Waals surface area contributed by atoms with E-state index >= 15 is 0 Å². The molecule has 36 heavy (non-hydrogen) atoms. The molecule has 0 aliphatic carbocycles. The molecule has 2 fully saturated rings. The largest absolute Gasteiger partial charge is 0.481 e. The minimum Gasteiger partial charge on any atom is -0.481 e. The SMILES string of the molecule is O=COCN1CCN(Cc2cccc(-c3cccc4ncnc(N5CCCC(C(=O)O)C5)c34)c2)CC1. The van der Waals surface area contributed by atoms with Gasteiger partial charge in [0, 0.05) is 45.8 Å². The van der Waals surface area contributed by atoms with E-state index in [4.69, 9.17) is 4.74 Å². The van der Waals surface area contributed by atoms with Crippen molar-refractivity contribution in [1.82, 2.24) is 19.8 Å². The van der Waals surface area contributed by atoms with Crippen molar-refractivity contribution in [3.05, 3.63) is 54.4 Å². The number of carbonyl (C=O) groups excluding carboxylic acids is 1. The summed E-state index contributed by atoms with van der Waals surface area (Å²) in [5, 5.41) is 10.5. The van der Waals surface area contributed by atoms with E-state index in [1.54, 1.807) is 6.33 Å². The number of aliphatic carboxylic acids is 1. The van der Waals surface area contributed by atoms with Gasteiger partial charge in [-0.1, -0.05) is 30.3 Å². The predicted octanol–water partition coefficient (Wildman–Crippen LogP) is 2.85. The first-order chi connectivity index (χ1) is 17.6.